The van der Waals surface area contributed by atoms with Gasteiger partial charge in [0, 0.05) is 19.6 Å². The minimum absolute atomic E-state index is 0.0230. The van der Waals surface area contributed by atoms with Crippen LogP contribution in [-0.4, -0.2) is 58.6 Å². The molecule has 0 aliphatic carbocycles. The number of methoxy groups -OCH3 is 1. The van der Waals surface area contributed by atoms with Crippen molar-refractivity contribution in [3.63, 3.8) is 0 Å². The fourth-order valence-electron chi connectivity index (χ4n) is 2.34. The van der Waals surface area contributed by atoms with Crippen molar-refractivity contribution in [1.29, 1.82) is 0 Å². The molecule has 20 heavy (non-hydrogen) atoms. The van der Waals surface area contributed by atoms with Gasteiger partial charge in [0.1, 0.15) is 5.75 Å². The maximum Gasteiger partial charge on any atom is 0.173 e. The third kappa shape index (κ3) is 3.01. The van der Waals surface area contributed by atoms with E-state index in [9.17, 15) is 10.2 Å². The van der Waals surface area contributed by atoms with Crippen LogP contribution in [0.15, 0.2) is 23.4 Å². The molecule has 2 rings (SSSR count). The molecule has 1 aromatic rings. The van der Waals surface area contributed by atoms with Crippen molar-refractivity contribution in [2.24, 2.45) is 10.9 Å². The molecule has 0 radical (unpaired) electrons. The number of hydrogen-bond donors (Lipinski definition) is 4. The quantitative estimate of drug-likeness (QED) is 0.252. The molecule has 1 heterocycles. The lowest BCUT2D eigenvalue weighted by Gasteiger charge is -2.16. The number of nitrogens with two attached hydrogens (primary N) is 1. The number of ether oxygens (including phenoxy) is 1. The Balaban J connectivity index is 2.17. The Morgan fingerprint density at radius 2 is 2.05 bits per heavy atom. The first-order valence-corrected chi connectivity index (χ1v) is 6.28. The van der Waals surface area contributed by atoms with E-state index in [1.165, 1.54) is 7.11 Å². The van der Waals surface area contributed by atoms with Gasteiger partial charge in [-0.05, 0) is 17.7 Å². The summed E-state index contributed by atoms with van der Waals surface area (Å²) in [7, 11) is 1.51. The largest absolute Gasteiger partial charge is 0.496 e. The Kier molecular flexibility index (Phi) is 4.43. The van der Waals surface area contributed by atoms with E-state index in [2.05, 4.69) is 5.16 Å². The molecule has 1 fully saturated rings. The lowest BCUT2D eigenvalue weighted by atomic mass is 10.1. The normalized spacial score (nSPS) is 24.1. The number of β-amino-alcohol motifs (C(OH)–C–C–N with tert-alkyl or cyclic N) is 2. The molecule has 7 nitrogen and oxygen atoms in total. The number of oxime groups is 1. The third-order valence-corrected chi connectivity index (χ3v) is 3.39. The van der Waals surface area contributed by atoms with Gasteiger partial charge < -0.3 is 25.9 Å². The first kappa shape index (κ1) is 14.6. The summed E-state index contributed by atoms with van der Waals surface area (Å²) < 4.78 is 5.16. The number of amidine groups is 1. The standard InChI is InChI=1S/C13H19N3O4/c1-20-12-3-2-8(4-9(12)13(14)15-19)5-16-6-10(17)11(18)7-16/h2-4,10-11,17-19H,5-7H2,1H3,(H2,14,15). The minimum atomic E-state index is -0.711. The second kappa shape index (κ2) is 6.08. The fraction of sp³-hybridized carbons (Fsp3) is 0.462. The first-order chi connectivity index (χ1) is 9.55. The topological polar surface area (TPSA) is 112 Å². The number of nitrogens with zero attached hydrogens (tertiary/aromatic N) is 2. The molecule has 0 bridgehead atoms. The van der Waals surface area contributed by atoms with Crippen LogP contribution >= 0.6 is 0 Å². The number of rotatable bonds is 4. The van der Waals surface area contributed by atoms with Gasteiger partial charge in [0.15, 0.2) is 5.84 Å². The van der Waals surface area contributed by atoms with Gasteiger partial charge in [-0.25, -0.2) is 0 Å². The zero-order chi connectivity index (χ0) is 14.7. The van der Waals surface area contributed by atoms with E-state index in [0.29, 0.717) is 30.9 Å². The van der Waals surface area contributed by atoms with Crippen molar-refractivity contribution < 1.29 is 20.2 Å². The van der Waals surface area contributed by atoms with Crippen molar-refractivity contribution in [2.45, 2.75) is 18.8 Å². The molecule has 5 N–H and O–H groups in total. The molecule has 1 aliphatic heterocycles. The van der Waals surface area contributed by atoms with Crippen molar-refractivity contribution in [1.82, 2.24) is 4.90 Å². The molecule has 1 aliphatic rings. The number of likely N-dealkylation sites (tertiary alicyclic amines) is 1. The molecule has 2 unspecified atom stereocenters. The Morgan fingerprint density at radius 1 is 1.40 bits per heavy atom. The van der Waals surface area contributed by atoms with Gasteiger partial charge in [0.05, 0.1) is 24.9 Å². The lowest BCUT2D eigenvalue weighted by Crippen LogP contribution is -2.22. The van der Waals surface area contributed by atoms with Crippen LogP contribution in [0.5, 0.6) is 5.75 Å². The van der Waals surface area contributed by atoms with E-state index >= 15 is 0 Å². The number of aliphatic hydroxyl groups excluding tert-OH is 2. The van der Waals surface area contributed by atoms with Gasteiger partial charge >= 0.3 is 0 Å². The Morgan fingerprint density at radius 3 is 2.60 bits per heavy atom. The zero-order valence-electron chi connectivity index (χ0n) is 11.2. The summed E-state index contributed by atoms with van der Waals surface area (Å²) in [4.78, 5) is 1.94. The summed E-state index contributed by atoms with van der Waals surface area (Å²) in [6.45, 7) is 1.40. The number of benzene rings is 1. The third-order valence-electron chi connectivity index (χ3n) is 3.39. The van der Waals surface area contributed by atoms with Gasteiger partial charge in [-0.15, -0.1) is 0 Å². The molecular weight excluding hydrogens is 262 g/mol. The fourth-order valence-corrected chi connectivity index (χ4v) is 2.34. The molecule has 0 spiro atoms. The van der Waals surface area contributed by atoms with Gasteiger partial charge in [0.25, 0.3) is 0 Å². The average Bonchev–Trinajstić information content (AvgIpc) is 2.76. The molecular formula is C13H19N3O4. The van der Waals surface area contributed by atoms with E-state index in [4.69, 9.17) is 15.7 Å². The number of aliphatic hydroxyl groups is 2. The van der Waals surface area contributed by atoms with Crippen LogP contribution in [0, 0.1) is 0 Å². The van der Waals surface area contributed by atoms with E-state index in [-0.39, 0.29) is 5.84 Å². The molecule has 1 saturated heterocycles. The van der Waals surface area contributed by atoms with E-state index in [1.807, 2.05) is 11.0 Å². The van der Waals surface area contributed by atoms with E-state index in [0.717, 1.165) is 5.56 Å². The summed E-state index contributed by atoms with van der Waals surface area (Å²) in [6.07, 6.45) is -1.42. The predicted octanol–water partition coefficient (Wildman–Crippen LogP) is -0.673. The zero-order valence-corrected chi connectivity index (χ0v) is 11.2. The molecule has 2 atom stereocenters. The van der Waals surface area contributed by atoms with E-state index in [1.54, 1.807) is 12.1 Å². The SMILES string of the molecule is COc1ccc(CN2CC(O)C(O)C2)cc1/C(N)=N/O. The van der Waals surface area contributed by atoms with Crippen LogP contribution in [0.1, 0.15) is 11.1 Å². The van der Waals surface area contributed by atoms with Crippen molar-refractivity contribution in [2.75, 3.05) is 20.2 Å². The molecule has 0 saturated carbocycles. The van der Waals surface area contributed by atoms with Crippen LogP contribution in [0.3, 0.4) is 0 Å². The summed E-state index contributed by atoms with van der Waals surface area (Å²) >= 11 is 0. The molecule has 110 valence electrons. The second-order valence-corrected chi connectivity index (χ2v) is 4.85. The van der Waals surface area contributed by atoms with Gasteiger partial charge in [-0.2, -0.15) is 0 Å². The molecule has 7 heteroatoms. The smallest absolute Gasteiger partial charge is 0.173 e. The Bertz CT molecular complexity index is 496. The predicted molar refractivity (Wildman–Crippen MR) is 72.8 cm³/mol. The Labute approximate surface area is 116 Å². The first-order valence-electron chi connectivity index (χ1n) is 6.28. The summed E-state index contributed by atoms with van der Waals surface area (Å²) in [5.41, 5.74) is 7.05. The molecule has 0 amide bonds. The van der Waals surface area contributed by atoms with Crippen molar-refractivity contribution in [3.8, 4) is 5.75 Å². The summed E-state index contributed by atoms with van der Waals surface area (Å²) in [5, 5.41) is 30.8. The molecule has 1 aromatic carbocycles. The summed E-state index contributed by atoms with van der Waals surface area (Å²) in [5.74, 6) is 0.496. The lowest BCUT2D eigenvalue weighted by molar-refractivity contribution is 0.0572. The van der Waals surface area contributed by atoms with Crippen LogP contribution in [0.2, 0.25) is 0 Å². The highest BCUT2D eigenvalue weighted by atomic mass is 16.5. The van der Waals surface area contributed by atoms with Gasteiger partial charge in [-0.1, -0.05) is 11.2 Å². The maximum absolute atomic E-state index is 9.53. The number of hydrogen-bond acceptors (Lipinski definition) is 6. The highest BCUT2D eigenvalue weighted by Gasteiger charge is 2.29. The van der Waals surface area contributed by atoms with Crippen LogP contribution < -0.4 is 10.5 Å². The van der Waals surface area contributed by atoms with Gasteiger partial charge in [-0.3, -0.25) is 4.90 Å². The summed E-state index contributed by atoms with van der Waals surface area (Å²) in [6, 6.07) is 5.38. The Hall–Kier alpha value is -1.83. The van der Waals surface area contributed by atoms with Gasteiger partial charge in [0.2, 0.25) is 0 Å². The van der Waals surface area contributed by atoms with Crippen LogP contribution in [0.25, 0.3) is 0 Å². The van der Waals surface area contributed by atoms with E-state index < -0.39 is 12.2 Å². The highest BCUT2D eigenvalue weighted by molar-refractivity contribution is 5.99. The molecule has 0 aromatic heterocycles. The maximum atomic E-state index is 9.53. The van der Waals surface area contributed by atoms with Crippen molar-refractivity contribution >= 4 is 5.84 Å². The van der Waals surface area contributed by atoms with Crippen LogP contribution in [-0.2, 0) is 6.54 Å². The average molecular weight is 281 g/mol. The monoisotopic (exact) mass is 281 g/mol. The minimum Gasteiger partial charge on any atom is -0.496 e. The van der Waals surface area contributed by atoms with Crippen molar-refractivity contribution in [3.05, 3.63) is 29.3 Å². The second-order valence-electron chi connectivity index (χ2n) is 4.85. The highest BCUT2D eigenvalue weighted by Crippen LogP contribution is 2.22. The van der Waals surface area contributed by atoms with Crippen LogP contribution in [0.4, 0.5) is 0 Å².